The van der Waals surface area contributed by atoms with Crippen molar-refractivity contribution >= 4 is 40.1 Å². The first-order valence-electron chi connectivity index (χ1n) is 10.5. The maximum atomic E-state index is 13.7. The zero-order chi connectivity index (χ0) is 24.9. The van der Waals surface area contributed by atoms with Gasteiger partial charge in [0.1, 0.15) is 23.8 Å². The van der Waals surface area contributed by atoms with Crippen LogP contribution < -0.4 is 15.7 Å². The van der Waals surface area contributed by atoms with Gasteiger partial charge < -0.3 is 19.2 Å². The van der Waals surface area contributed by atoms with Crippen molar-refractivity contribution < 1.29 is 27.9 Å². The van der Waals surface area contributed by atoms with Crippen molar-refractivity contribution in [2.45, 2.75) is 13.5 Å². The Hall–Kier alpha value is -4.17. The van der Waals surface area contributed by atoms with E-state index in [-0.39, 0.29) is 22.9 Å². The lowest BCUT2D eigenvalue weighted by Crippen LogP contribution is -2.21. The van der Waals surface area contributed by atoms with Gasteiger partial charge in [-0.1, -0.05) is 23.7 Å². The van der Waals surface area contributed by atoms with Crippen LogP contribution in [0.4, 0.5) is 10.1 Å². The third-order valence-electron chi connectivity index (χ3n) is 5.05. The molecule has 1 N–H and O–H groups in total. The first-order chi connectivity index (χ1) is 16.8. The number of benzene rings is 3. The highest BCUT2D eigenvalue weighted by molar-refractivity contribution is 6.30. The van der Waals surface area contributed by atoms with Crippen molar-refractivity contribution in [2.24, 2.45) is 0 Å². The molecule has 0 spiro atoms. The summed E-state index contributed by atoms with van der Waals surface area (Å²) in [6.45, 7) is 1.45. The minimum absolute atomic E-state index is 0.105. The predicted octanol–water partition coefficient (Wildman–Crippen LogP) is 5.27. The fraction of sp³-hybridized carbons (Fsp3) is 0.115. The number of nitrogens with one attached hydrogen (secondary N) is 1. The molecular weight excluding hydrogens is 477 g/mol. The van der Waals surface area contributed by atoms with E-state index in [1.165, 1.54) is 18.2 Å². The quantitative estimate of drug-likeness (QED) is 0.277. The molecule has 3 aromatic carbocycles. The summed E-state index contributed by atoms with van der Waals surface area (Å²) in [5, 5.41) is 3.38. The molecule has 0 radical (unpaired) electrons. The van der Waals surface area contributed by atoms with Crippen LogP contribution in [0.25, 0.3) is 11.0 Å². The highest BCUT2D eigenvalue weighted by atomic mass is 35.5. The van der Waals surface area contributed by atoms with Crippen LogP contribution in [0.1, 0.15) is 21.5 Å². The van der Waals surface area contributed by atoms with Crippen LogP contribution in [0.2, 0.25) is 5.02 Å². The molecule has 0 unspecified atom stereocenters. The standard InChI is InChI=1S/C26H19ClFNO6/c1-15-10-25(31)35-23-12-19(7-8-20(15)23)33-13-16-2-4-17(5-3-16)26(32)34-14-24(30)29-22-11-18(27)6-9-21(22)28/h2-12H,13-14H2,1H3,(H,29,30). The van der Waals surface area contributed by atoms with Crippen molar-refractivity contribution in [3.8, 4) is 5.75 Å². The smallest absolute Gasteiger partial charge is 0.338 e. The Bertz CT molecular complexity index is 1470. The van der Waals surface area contributed by atoms with Gasteiger partial charge in [-0.15, -0.1) is 0 Å². The molecule has 0 fully saturated rings. The van der Waals surface area contributed by atoms with E-state index in [4.69, 9.17) is 25.5 Å². The zero-order valence-electron chi connectivity index (χ0n) is 18.5. The number of hydrogen-bond donors (Lipinski definition) is 1. The van der Waals surface area contributed by atoms with E-state index < -0.39 is 29.9 Å². The summed E-state index contributed by atoms with van der Waals surface area (Å²) in [6, 6.07) is 16.9. The van der Waals surface area contributed by atoms with E-state index in [1.807, 2.05) is 13.0 Å². The van der Waals surface area contributed by atoms with Crippen LogP contribution >= 0.6 is 11.6 Å². The Kier molecular flexibility index (Phi) is 7.12. The molecule has 0 aliphatic rings. The Morgan fingerprint density at radius 1 is 1.03 bits per heavy atom. The lowest BCUT2D eigenvalue weighted by atomic mass is 10.1. The molecule has 1 amide bonds. The molecule has 9 heteroatoms. The number of rotatable bonds is 7. The number of ether oxygens (including phenoxy) is 2. The van der Waals surface area contributed by atoms with Gasteiger partial charge in [0, 0.05) is 22.5 Å². The molecule has 0 aliphatic heterocycles. The lowest BCUT2D eigenvalue weighted by Gasteiger charge is -2.09. The Morgan fingerprint density at radius 3 is 2.57 bits per heavy atom. The average molecular weight is 496 g/mol. The monoisotopic (exact) mass is 495 g/mol. The van der Waals surface area contributed by atoms with Crippen molar-refractivity contribution in [3.05, 3.63) is 105 Å². The van der Waals surface area contributed by atoms with Gasteiger partial charge in [0.05, 0.1) is 11.3 Å². The van der Waals surface area contributed by atoms with E-state index in [1.54, 1.807) is 36.4 Å². The Labute approximate surface area is 204 Å². The Balaban J connectivity index is 1.31. The molecular formula is C26H19ClFNO6. The summed E-state index contributed by atoms with van der Waals surface area (Å²) < 4.78 is 29.7. The van der Waals surface area contributed by atoms with Gasteiger partial charge in [-0.3, -0.25) is 4.79 Å². The minimum atomic E-state index is -0.709. The number of carbonyl (C=O) groups excluding carboxylic acids is 2. The van der Waals surface area contributed by atoms with Gasteiger partial charge in [-0.2, -0.15) is 0 Å². The van der Waals surface area contributed by atoms with Crippen LogP contribution in [0, 0.1) is 12.7 Å². The molecule has 0 bridgehead atoms. The fourth-order valence-corrected chi connectivity index (χ4v) is 3.46. The molecule has 0 saturated carbocycles. The molecule has 0 aliphatic carbocycles. The average Bonchev–Trinajstić information content (AvgIpc) is 2.83. The van der Waals surface area contributed by atoms with E-state index >= 15 is 0 Å². The number of aryl methyl sites for hydroxylation is 1. The van der Waals surface area contributed by atoms with Crippen LogP contribution in [0.15, 0.2) is 75.9 Å². The maximum absolute atomic E-state index is 13.7. The third-order valence-corrected chi connectivity index (χ3v) is 5.29. The van der Waals surface area contributed by atoms with Crippen LogP contribution in [0.5, 0.6) is 5.75 Å². The van der Waals surface area contributed by atoms with Crippen molar-refractivity contribution in [2.75, 3.05) is 11.9 Å². The second-order valence-electron chi connectivity index (χ2n) is 7.64. The normalized spacial score (nSPS) is 10.7. The lowest BCUT2D eigenvalue weighted by molar-refractivity contribution is -0.119. The number of amides is 1. The van der Waals surface area contributed by atoms with Gasteiger partial charge in [-0.25, -0.2) is 14.0 Å². The van der Waals surface area contributed by atoms with Crippen LogP contribution in [0.3, 0.4) is 0 Å². The first-order valence-corrected chi connectivity index (χ1v) is 10.8. The van der Waals surface area contributed by atoms with Gasteiger partial charge in [0.2, 0.25) is 0 Å². The van der Waals surface area contributed by atoms with Gasteiger partial charge in [0.25, 0.3) is 5.91 Å². The number of esters is 1. The summed E-state index contributed by atoms with van der Waals surface area (Å²) in [5.74, 6) is -1.54. The number of carbonyl (C=O) groups is 2. The fourth-order valence-electron chi connectivity index (χ4n) is 3.29. The molecule has 178 valence electrons. The van der Waals surface area contributed by atoms with Gasteiger partial charge >= 0.3 is 11.6 Å². The minimum Gasteiger partial charge on any atom is -0.489 e. The van der Waals surface area contributed by atoms with Crippen molar-refractivity contribution in [1.29, 1.82) is 0 Å². The second-order valence-corrected chi connectivity index (χ2v) is 8.08. The van der Waals surface area contributed by atoms with Crippen LogP contribution in [-0.2, 0) is 16.1 Å². The predicted molar refractivity (Wildman–Crippen MR) is 128 cm³/mol. The molecule has 7 nitrogen and oxygen atoms in total. The second kappa shape index (κ2) is 10.4. The summed E-state index contributed by atoms with van der Waals surface area (Å²) in [7, 11) is 0. The van der Waals surface area contributed by atoms with E-state index in [9.17, 15) is 18.8 Å². The molecule has 35 heavy (non-hydrogen) atoms. The van der Waals surface area contributed by atoms with Gasteiger partial charge in [-0.05, 0) is 60.5 Å². The van der Waals surface area contributed by atoms with Crippen molar-refractivity contribution in [3.63, 3.8) is 0 Å². The van der Waals surface area contributed by atoms with E-state index in [0.29, 0.717) is 11.3 Å². The number of halogens is 2. The highest BCUT2D eigenvalue weighted by Crippen LogP contribution is 2.23. The molecule has 1 heterocycles. The summed E-state index contributed by atoms with van der Waals surface area (Å²) >= 11 is 5.78. The number of hydrogen-bond acceptors (Lipinski definition) is 6. The SMILES string of the molecule is Cc1cc(=O)oc2cc(OCc3ccc(C(=O)OCC(=O)Nc4cc(Cl)ccc4F)cc3)ccc12. The zero-order valence-corrected chi connectivity index (χ0v) is 19.2. The van der Waals surface area contributed by atoms with Crippen molar-refractivity contribution in [1.82, 2.24) is 0 Å². The van der Waals surface area contributed by atoms with E-state index in [2.05, 4.69) is 5.32 Å². The first kappa shape index (κ1) is 24.0. The summed E-state index contributed by atoms with van der Waals surface area (Å²) in [5.41, 5.74) is 1.74. The number of anilines is 1. The van der Waals surface area contributed by atoms with E-state index in [0.717, 1.165) is 22.6 Å². The highest BCUT2D eigenvalue weighted by Gasteiger charge is 2.13. The van der Waals surface area contributed by atoms with Gasteiger partial charge in [0.15, 0.2) is 6.61 Å². The molecule has 0 atom stereocenters. The molecule has 1 aromatic heterocycles. The topological polar surface area (TPSA) is 94.8 Å². The van der Waals surface area contributed by atoms with Crippen LogP contribution in [-0.4, -0.2) is 18.5 Å². The molecule has 0 saturated heterocycles. The third kappa shape index (κ3) is 6.04. The number of fused-ring (bicyclic) bond motifs is 1. The summed E-state index contributed by atoms with van der Waals surface area (Å²) in [6.07, 6.45) is 0. The molecule has 4 aromatic rings. The summed E-state index contributed by atoms with van der Waals surface area (Å²) in [4.78, 5) is 35.8. The molecule has 4 rings (SSSR count). The maximum Gasteiger partial charge on any atom is 0.338 e. The largest absolute Gasteiger partial charge is 0.489 e. The Morgan fingerprint density at radius 2 is 1.80 bits per heavy atom.